The number of hydrogen-bond acceptors (Lipinski definition) is 2. The fourth-order valence-electron chi connectivity index (χ4n) is 9.82. The Kier molecular flexibility index (Phi) is 7.18. The number of benzene rings is 8. The molecule has 268 valence electrons. The summed E-state index contributed by atoms with van der Waals surface area (Å²) in [5.74, 6) is 0. The average Bonchev–Trinajstić information content (AvgIpc) is 3.81. The highest BCUT2D eigenvalue weighted by molar-refractivity contribution is 7.25. The SMILES string of the molecule is CC1(C)c2ccccc2-c2ccc(-c3ccccc3N(c3ccc(-c4ccc5c(c4)sc4ccccc45)cc3)c3cccc4c3-c3ccccc3C4(C)C)cc21. The van der Waals surface area contributed by atoms with Gasteiger partial charge in [-0.05, 0) is 98.1 Å². The van der Waals surface area contributed by atoms with Crippen LogP contribution in [0.15, 0.2) is 176 Å². The van der Waals surface area contributed by atoms with Gasteiger partial charge in [0.15, 0.2) is 0 Å². The van der Waals surface area contributed by atoms with Gasteiger partial charge in [-0.15, -0.1) is 11.3 Å². The van der Waals surface area contributed by atoms with Gasteiger partial charge in [0.25, 0.3) is 0 Å². The van der Waals surface area contributed by atoms with Crippen LogP contribution in [-0.2, 0) is 10.8 Å². The number of anilines is 3. The molecule has 56 heavy (non-hydrogen) atoms. The maximum absolute atomic E-state index is 2.51. The van der Waals surface area contributed by atoms with E-state index in [1.54, 1.807) is 0 Å². The highest BCUT2D eigenvalue weighted by Crippen LogP contribution is 2.56. The van der Waals surface area contributed by atoms with E-state index in [0.717, 1.165) is 11.4 Å². The third kappa shape index (κ3) is 4.79. The minimum absolute atomic E-state index is 0.0825. The topological polar surface area (TPSA) is 3.24 Å². The minimum Gasteiger partial charge on any atom is -0.309 e. The average molecular weight is 736 g/mol. The molecule has 0 radical (unpaired) electrons. The molecule has 1 aromatic heterocycles. The quantitative estimate of drug-likeness (QED) is 0.170. The lowest BCUT2D eigenvalue weighted by molar-refractivity contribution is 0.660. The van der Waals surface area contributed by atoms with E-state index >= 15 is 0 Å². The molecule has 0 bridgehead atoms. The summed E-state index contributed by atoms with van der Waals surface area (Å²) in [6.45, 7) is 9.47. The lowest BCUT2D eigenvalue weighted by Gasteiger charge is -2.31. The van der Waals surface area contributed by atoms with Gasteiger partial charge in [0.1, 0.15) is 0 Å². The summed E-state index contributed by atoms with van der Waals surface area (Å²) < 4.78 is 2.66. The molecule has 0 fully saturated rings. The molecule has 11 rings (SSSR count). The Hall–Kier alpha value is -6.22. The summed E-state index contributed by atoms with van der Waals surface area (Å²) in [5, 5.41) is 2.66. The zero-order valence-electron chi connectivity index (χ0n) is 32.1. The maximum atomic E-state index is 2.51. The van der Waals surface area contributed by atoms with Gasteiger partial charge in [-0.25, -0.2) is 0 Å². The van der Waals surface area contributed by atoms with Gasteiger partial charge in [-0.2, -0.15) is 0 Å². The summed E-state index contributed by atoms with van der Waals surface area (Å²) >= 11 is 1.87. The lowest BCUT2D eigenvalue weighted by Crippen LogP contribution is -2.16. The van der Waals surface area contributed by atoms with Crippen molar-refractivity contribution in [2.24, 2.45) is 0 Å². The van der Waals surface area contributed by atoms with Crippen LogP contribution < -0.4 is 4.90 Å². The van der Waals surface area contributed by atoms with E-state index in [1.807, 2.05) is 11.3 Å². The van der Waals surface area contributed by atoms with E-state index in [4.69, 9.17) is 0 Å². The van der Waals surface area contributed by atoms with Gasteiger partial charge in [-0.1, -0.05) is 161 Å². The summed E-state index contributed by atoms with van der Waals surface area (Å²) in [4.78, 5) is 2.51. The Morgan fingerprint density at radius 2 is 0.946 bits per heavy atom. The molecule has 0 amide bonds. The van der Waals surface area contributed by atoms with Crippen molar-refractivity contribution in [3.05, 3.63) is 198 Å². The molecule has 0 unspecified atom stereocenters. The van der Waals surface area contributed by atoms with Crippen molar-refractivity contribution in [3.63, 3.8) is 0 Å². The van der Waals surface area contributed by atoms with Crippen molar-refractivity contribution < 1.29 is 0 Å². The molecule has 0 saturated heterocycles. The van der Waals surface area contributed by atoms with E-state index in [1.165, 1.54) is 92.6 Å². The van der Waals surface area contributed by atoms with Gasteiger partial charge in [-0.3, -0.25) is 0 Å². The molecule has 0 atom stereocenters. The third-order valence-corrected chi connectivity index (χ3v) is 13.8. The van der Waals surface area contributed by atoms with Crippen LogP contribution in [0.3, 0.4) is 0 Å². The predicted octanol–water partition coefficient (Wildman–Crippen LogP) is 15.5. The first kappa shape index (κ1) is 33.1. The second-order valence-corrected chi connectivity index (χ2v) is 17.6. The minimum atomic E-state index is -0.108. The monoisotopic (exact) mass is 735 g/mol. The van der Waals surface area contributed by atoms with Crippen molar-refractivity contribution >= 4 is 48.6 Å². The smallest absolute Gasteiger partial charge is 0.0543 e. The highest BCUT2D eigenvalue weighted by atomic mass is 32.1. The zero-order valence-corrected chi connectivity index (χ0v) is 32.9. The first-order valence-electron chi connectivity index (χ1n) is 19.7. The molecule has 2 aliphatic rings. The van der Waals surface area contributed by atoms with Gasteiger partial charge < -0.3 is 4.90 Å². The summed E-state index contributed by atoms with van der Waals surface area (Å²) in [5.41, 5.74) is 19.0. The first-order chi connectivity index (χ1) is 27.3. The molecule has 1 nitrogen and oxygen atoms in total. The van der Waals surface area contributed by atoms with Crippen LogP contribution in [0.2, 0.25) is 0 Å². The fourth-order valence-corrected chi connectivity index (χ4v) is 11.0. The summed E-state index contributed by atoms with van der Waals surface area (Å²) in [7, 11) is 0. The predicted molar refractivity (Wildman–Crippen MR) is 240 cm³/mol. The highest BCUT2D eigenvalue weighted by Gasteiger charge is 2.38. The first-order valence-corrected chi connectivity index (χ1v) is 20.5. The second kappa shape index (κ2) is 12.1. The molecule has 0 saturated carbocycles. The molecular formula is C54H41NS. The Balaban J connectivity index is 1.09. The molecule has 0 N–H and O–H groups in total. The van der Waals surface area contributed by atoms with Crippen LogP contribution in [0.5, 0.6) is 0 Å². The normalized spacial score (nSPS) is 14.4. The van der Waals surface area contributed by atoms with E-state index in [2.05, 4.69) is 209 Å². The molecule has 0 aliphatic heterocycles. The molecule has 1 heterocycles. The Labute approximate surface area is 333 Å². The van der Waals surface area contributed by atoms with Crippen LogP contribution in [-0.4, -0.2) is 0 Å². The van der Waals surface area contributed by atoms with Crippen LogP contribution in [0, 0.1) is 0 Å². The van der Waals surface area contributed by atoms with E-state index in [9.17, 15) is 0 Å². The van der Waals surface area contributed by atoms with E-state index in [0.29, 0.717) is 0 Å². The number of hydrogen-bond donors (Lipinski definition) is 0. The molecule has 2 aliphatic carbocycles. The molecule has 0 spiro atoms. The van der Waals surface area contributed by atoms with Gasteiger partial charge in [0.05, 0.1) is 11.4 Å². The number of para-hydroxylation sites is 1. The van der Waals surface area contributed by atoms with Crippen LogP contribution in [0.1, 0.15) is 49.9 Å². The van der Waals surface area contributed by atoms with Crippen molar-refractivity contribution in [1.29, 1.82) is 0 Å². The van der Waals surface area contributed by atoms with E-state index < -0.39 is 0 Å². The Bertz CT molecular complexity index is 3030. The van der Waals surface area contributed by atoms with Crippen molar-refractivity contribution in [1.82, 2.24) is 0 Å². The molecule has 8 aromatic carbocycles. The number of rotatable bonds is 5. The maximum Gasteiger partial charge on any atom is 0.0543 e. The van der Waals surface area contributed by atoms with Crippen LogP contribution in [0.4, 0.5) is 17.1 Å². The standard InChI is InChI=1S/C54H41NS/c1-53(2)45-19-10-6-17-43(45)52-46(53)20-13-22-49(52)55(37-28-24-34(25-29-37)35-26-31-42-41-16-8-12-23-50(41)56-51(42)33-35)48-21-11-7-14-38(48)36-27-30-40-39-15-5-9-18-44(39)54(3,4)47(40)32-36/h5-33H,1-4H3. The Morgan fingerprint density at radius 3 is 1.77 bits per heavy atom. The van der Waals surface area contributed by atoms with Crippen LogP contribution >= 0.6 is 11.3 Å². The molecule has 2 heteroatoms. The zero-order chi connectivity index (χ0) is 37.8. The van der Waals surface area contributed by atoms with Crippen molar-refractivity contribution in [2.45, 2.75) is 38.5 Å². The molecular weight excluding hydrogens is 695 g/mol. The second-order valence-electron chi connectivity index (χ2n) is 16.5. The summed E-state index contributed by atoms with van der Waals surface area (Å²) in [6.07, 6.45) is 0. The van der Waals surface area contributed by atoms with E-state index in [-0.39, 0.29) is 10.8 Å². The Morgan fingerprint density at radius 1 is 0.375 bits per heavy atom. The summed E-state index contributed by atoms with van der Waals surface area (Å²) in [6, 6.07) is 65.8. The van der Waals surface area contributed by atoms with Crippen LogP contribution in [0.25, 0.3) is 64.7 Å². The third-order valence-electron chi connectivity index (χ3n) is 12.7. The lowest BCUT2D eigenvalue weighted by atomic mass is 9.81. The molecule has 9 aromatic rings. The number of fused-ring (bicyclic) bond motifs is 9. The fraction of sp³-hybridized carbons (Fsp3) is 0.111. The van der Waals surface area contributed by atoms with Crippen molar-refractivity contribution in [2.75, 3.05) is 4.90 Å². The van der Waals surface area contributed by atoms with Gasteiger partial charge in [0.2, 0.25) is 0 Å². The van der Waals surface area contributed by atoms with Gasteiger partial charge >= 0.3 is 0 Å². The van der Waals surface area contributed by atoms with Crippen molar-refractivity contribution in [3.8, 4) is 44.5 Å². The number of thiophene rings is 1. The van der Waals surface area contributed by atoms with Gasteiger partial charge in [0, 0.05) is 47.8 Å². The number of nitrogens with zero attached hydrogens (tertiary/aromatic N) is 1. The largest absolute Gasteiger partial charge is 0.309 e.